The summed E-state index contributed by atoms with van der Waals surface area (Å²) in [4.78, 5) is 4.39. The number of anilines is 2. The van der Waals surface area contributed by atoms with Gasteiger partial charge in [-0.2, -0.15) is 5.10 Å². The van der Waals surface area contributed by atoms with Crippen LogP contribution in [0, 0.1) is 0 Å². The topological polar surface area (TPSA) is 89.0 Å². The number of aromatic nitrogens is 3. The second-order valence-electron chi connectivity index (χ2n) is 5.91. The fraction of sp³-hybridized carbons (Fsp3) is 0.250. The predicted octanol–water partition coefficient (Wildman–Crippen LogP) is 2.19. The maximum Gasteiger partial charge on any atom is 0.126 e. The van der Waals surface area contributed by atoms with Gasteiger partial charge in [0.25, 0.3) is 0 Å². The van der Waals surface area contributed by atoms with E-state index in [1.54, 1.807) is 30.8 Å². The van der Waals surface area contributed by atoms with Crippen molar-refractivity contribution < 1.29 is 5.11 Å². The third-order valence-corrected chi connectivity index (χ3v) is 3.29. The first-order valence-electron chi connectivity index (χ1n) is 7.09. The Balaban J connectivity index is 2.03. The summed E-state index contributed by atoms with van der Waals surface area (Å²) in [6.07, 6.45) is 3.61. The van der Waals surface area contributed by atoms with Crippen LogP contribution in [0.5, 0.6) is 0 Å². The first kappa shape index (κ1) is 14.3. The van der Waals surface area contributed by atoms with Gasteiger partial charge >= 0.3 is 0 Å². The molecule has 0 atom stereocenters. The molecule has 0 bridgehead atoms. The second kappa shape index (κ2) is 5.31. The molecule has 4 N–H and O–H groups in total. The standard InChI is InChI=1S/C16H19N5O/c1-16(2,22)10-18-13-9-15(17)20-14-8-11(4-5-12(13)14)21-7-3-6-19-21/h3-9,22H,10H2,1-2H3,(H3,17,18,20). The summed E-state index contributed by atoms with van der Waals surface area (Å²) >= 11 is 0. The summed E-state index contributed by atoms with van der Waals surface area (Å²) in [5, 5.41) is 18.3. The van der Waals surface area contributed by atoms with E-state index < -0.39 is 5.60 Å². The summed E-state index contributed by atoms with van der Waals surface area (Å²) in [5.41, 5.74) is 7.65. The number of rotatable bonds is 4. The molecular weight excluding hydrogens is 278 g/mol. The normalized spacial score (nSPS) is 11.8. The highest BCUT2D eigenvalue weighted by molar-refractivity contribution is 5.94. The molecule has 6 heteroatoms. The highest BCUT2D eigenvalue weighted by Gasteiger charge is 2.13. The quantitative estimate of drug-likeness (QED) is 0.687. The lowest BCUT2D eigenvalue weighted by Gasteiger charge is -2.19. The van der Waals surface area contributed by atoms with Crippen LogP contribution in [0.2, 0.25) is 0 Å². The number of nitrogens with zero attached hydrogens (tertiary/aromatic N) is 3. The van der Waals surface area contributed by atoms with Gasteiger partial charge in [-0.05, 0) is 38.1 Å². The number of aliphatic hydroxyl groups is 1. The summed E-state index contributed by atoms with van der Waals surface area (Å²) < 4.78 is 1.77. The Morgan fingerprint density at radius 3 is 2.82 bits per heavy atom. The van der Waals surface area contributed by atoms with Crippen LogP contribution in [0.15, 0.2) is 42.7 Å². The highest BCUT2D eigenvalue weighted by atomic mass is 16.3. The Labute approximate surface area is 128 Å². The molecule has 0 radical (unpaired) electrons. The van der Waals surface area contributed by atoms with E-state index in [1.807, 2.05) is 30.5 Å². The molecule has 0 unspecified atom stereocenters. The SMILES string of the molecule is CC(C)(O)CNc1cc(N)nc2cc(-n3cccn3)ccc12. The summed E-state index contributed by atoms with van der Waals surface area (Å²) in [6.45, 7) is 3.93. The third kappa shape index (κ3) is 3.01. The average molecular weight is 297 g/mol. The molecule has 0 fully saturated rings. The molecule has 0 aliphatic heterocycles. The lowest BCUT2D eigenvalue weighted by Crippen LogP contribution is -2.29. The minimum absolute atomic E-state index is 0.423. The van der Waals surface area contributed by atoms with Crippen LogP contribution >= 0.6 is 0 Å². The molecule has 0 aliphatic carbocycles. The number of benzene rings is 1. The number of pyridine rings is 1. The molecule has 22 heavy (non-hydrogen) atoms. The summed E-state index contributed by atoms with van der Waals surface area (Å²) in [5.74, 6) is 0.434. The zero-order chi connectivity index (χ0) is 15.7. The minimum Gasteiger partial charge on any atom is -0.389 e. The average Bonchev–Trinajstić information content (AvgIpc) is 2.97. The van der Waals surface area contributed by atoms with Crippen LogP contribution in [0.3, 0.4) is 0 Å². The molecule has 0 saturated carbocycles. The second-order valence-corrected chi connectivity index (χ2v) is 5.91. The van der Waals surface area contributed by atoms with Crippen molar-refractivity contribution in [3.8, 4) is 5.69 Å². The Morgan fingerprint density at radius 2 is 2.14 bits per heavy atom. The van der Waals surface area contributed by atoms with Crippen LogP contribution < -0.4 is 11.1 Å². The molecular formula is C16H19N5O. The van der Waals surface area contributed by atoms with E-state index in [1.165, 1.54) is 0 Å². The fourth-order valence-electron chi connectivity index (χ4n) is 2.26. The first-order chi connectivity index (χ1) is 10.4. The lowest BCUT2D eigenvalue weighted by atomic mass is 10.1. The van der Waals surface area contributed by atoms with Crippen molar-refractivity contribution in [3.05, 3.63) is 42.7 Å². The van der Waals surface area contributed by atoms with Gasteiger partial charge in [0.1, 0.15) is 5.82 Å². The van der Waals surface area contributed by atoms with E-state index in [2.05, 4.69) is 15.4 Å². The third-order valence-electron chi connectivity index (χ3n) is 3.29. The molecule has 2 heterocycles. The van der Waals surface area contributed by atoms with Crippen molar-refractivity contribution in [2.45, 2.75) is 19.4 Å². The highest BCUT2D eigenvalue weighted by Crippen LogP contribution is 2.26. The van der Waals surface area contributed by atoms with Crippen LogP contribution in [0.1, 0.15) is 13.8 Å². The predicted molar refractivity (Wildman–Crippen MR) is 88.1 cm³/mol. The van der Waals surface area contributed by atoms with Gasteiger partial charge in [0, 0.05) is 36.1 Å². The van der Waals surface area contributed by atoms with Crippen molar-refractivity contribution in [3.63, 3.8) is 0 Å². The molecule has 3 aromatic rings. The fourth-order valence-corrected chi connectivity index (χ4v) is 2.26. The number of fused-ring (bicyclic) bond motifs is 1. The van der Waals surface area contributed by atoms with Crippen LogP contribution in [-0.4, -0.2) is 32.0 Å². The monoisotopic (exact) mass is 297 g/mol. The van der Waals surface area contributed by atoms with Gasteiger partial charge in [-0.1, -0.05) is 0 Å². The summed E-state index contributed by atoms with van der Waals surface area (Å²) in [6, 6.07) is 9.54. The number of hydrogen-bond acceptors (Lipinski definition) is 5. The van der Waals surface area contributed by atoms with Crippen molar-refractivity contribution in [1.29, 1.82) is 0 Å². The lowest BCUT2D eigenvalue weighted by molar-refractivity contribution is 0.0945. The van der Waals surface area contributed by atoms with Crippen LogP contribution in [0.25, 0.3) is 16.6 Å². The zero-order valence-electron chi connectivity index (χ0n) is 12.6. The largest absolute Gasteiger partial charge is 0.389 e. The van der Waals surface area contributed by atoms with E-state index in [4.69, 9.17) is 5.73 Å². The van der Waals surface area contributed by atoms with Crippen molar-refractivity contribution in [2.24, 2.45) is 0 Å². The van der Waals surface area contributed by atoms with Gasteiger partial charge in [-0.3, -0.25) is 0 Å². The molecule has 0 amide bonds. The number of hydrogen-bond donors (Lipinski definition) is 3. The van der Waals surface area contributed by atoms with E-state index in [0.29, 0.717) is 12.4 Å². The molecule has 0 spiro atoms. The van der Waals surface area contributed by atoms with Crippen LogP contribution in [0.4, 0.5) is 11.5 Å². The van der Waals surface area contributed by atoms with Gasteiger partial charge in [0.05, 0.1) is 16.8 Å². The molecule has 114 valence electrons. The molecule has 0 aliphatic rings. The number of nitrogens with one attached hydrogen (secondary N) is 1. The van der Waals surface area contributed by atoms with Gasteiger partial charge in [-0.25, -0.2) is 9.67 Å². The number of nitrogens with two attached hydrogens (primary N) is 1. The Kier molecular flexibility index (Phi) is 3.46. The maximum absolute atomic E-state index is 9.87. The van der Waals surface area contributed by atoms with Gasteiger partial charge in [0.2, 0.25) is 0 Å². The van der Waals surface area contributed by atoms with Crippen molar-refractivity contribution in [2.75, 3.05) is 17.6 Å². The Morgan fingerprint density at radius 1 is 1.32 bits per heavy atom. The molecule has 1 aromatic carbocycles. The van der Waals surface area contributed by atoms with Gasteiger partial charge in [-0.15, -0.1) is 0 Å². The molecule has 2 aromatic heterocycles. The van der Waals surface area contributed by atoms with E-state index in [9.17, 15) is 5.11 Å². The molecule has 0 saturated heterocycles. The van der Waals surface area contributed by atoms with Crippen molar-refractivity contribution >= 4 is 22.4 Å². The van der Waals surface area contributed by atoms with Crippen LogP contribution in [-0.2, 0) is 0 Å². The van der Waals surface area contributed by atoms with E-state index >= 15 is 0 Å². The van der Waals surface area contributed by atoms with E-state index in [0.717, 1.165) is 22.3 Å². The van der Waals surface area contributed by atoms with Gasteiger partial charge < -0.3 is 16.2 Å². The van der Waals surface area contributed by atoms with E-state index in [-0.39, 0.29) is 0 Å². The molecule has 6 nitrogen and oxygen atoms in total. The first-order valence-corrected chi connectivity index (χ1v) is 7.09. The maximum atomic E-state index is 9.87. The molecule has 3 rings (SSSR count). The zero-order valence-corrected chi connectivity index (χ0v) is 12.6. The minimum atomic E-state index is -0.806. The Hall–Kier alpha value is -2.60. The van der Waals surface area contributed by atoms with Gasteiger partial charge in [0.15, 0.2) is 0 Å². The smallest absolute Gasteiger partial charge is 0.126 e. The Bertz CT molecular complexity index is 790. The number of nitrogen functional groups attached to an aromatic ring is 1. The summed E-state index contributed by atoms with van der Waals surface area (Å²) in [7, 11) is 0. The van der Waals surface area contributed by atoms with Crippen molar-refractivity contribution in [1.82, 2.24) is 14.8 Å².